The first kappa shape index (κ1) is 23.8. The fraction of sp³-hybridized carbons (Fsp3) is 0.385. The van der Waals surface area contributed by atoms with Gasteiger partial charge in [-0.05, 0) is 74.6 Å². The smallest absolute Gasteiger partial charge is 0.265 e. The van der Waals surface area contributed by atoms with Crippen LogP contribution in [0.15, 0.2) is 40.3 Å². The van der Waals surface area contributed by atoms with Gasteiger partial charge in [-0.3, -0.25) is 4.79 Å². The molecule has 34 heavy (non-hydrogen) atoms. The van der Waals surface area contributed by atoms with Crippen LogP contribution in [-0.2, 0) is 17.9 Å². The molecule has 1 amide bonds. The predicted molar refractivity (Wildman–Crippen MR) is 131 cm³/mol. The molecule has 1 aliphatic carbocycles. The second-order valence-electron chi connectivity index (χ2n) is 9.17. The quantitative estimate of drug-likeness (QED) is 0.313. The summed E-state index contributed by atoms with van der Waals surface area (Å²) in [6, 6.07) is 11.3. The van der Waals surface area contributed by atoms with Gasteiger partial charge in [0.2, 0.25) is 11.8 Å². The van der Waals surface area contributed by atoms with E-state index in [1.165, 1.54) is 0 Å². The van der Waals surface area contributed by atoms with Crippen LogP contribution in [0.2, 0.25) is 5.02 Å². The van der Waals surface area contributed by atoms with Crippen LogP contribution >= 0.6 is 11.6 Å². The normalized spacial score (nSPS) is 13.9. The van der Waals surface area contributed by atoms with Gasteiger partial charge in [0.1, 0.15) is 11.6 Å². The first-order valence-electron chi connectivity index (χ1n) is 11.4. The standard InChI is InChI=1S/C26H28ClN5O2/c1-16(2)14-31-17(3)11-20(18(31)4)12-21(13-28)26(33)32(23-9-10-23)15-24-29-30-25(34-24)19-5-7-22(27)8-6-19/h5-8,11-12,16,23H,9-10,14-15H2,1-4H3/b21-12-. The monoisotopic (exact) mass is 477 g/mol. The third kappa shape index (κ3) is 5.23. The molecule has 0 atom stereocenters. The first-order valence-corrected chi connectivity index (χ1v) is 11.8. The van der Waals surface area contributed by atoms with E-state index in [0.29, 0.717) is 22.7 Å². The van der Waals surface area contributed by atoms with Gasteiger partial charge in [-0.1, -0.05) is 25.4 Å². The molecule has 0 saturated heterocycles. The largest absolute Gasteiger partial charge is 0.419 e. The zero-order chi connectivity index (χ0) is 24.4. The number of rotatable bonds is 8. The molecule has 1 fully saturated rings. The molecular weight excluding hydrogens is 450 g/mol. The van der Waals surface area contributed by atoms with Crippen LogP contribution in [0, 0.1) is 31.1 Å². The van der Waals surface area contributed by atoms with E-state index < -0.39 is 0 Å². The number of hydrogen-bond acceptors (Lipinski definition) is 5. The molecule has 0 radical (unpaired) electrons. The minimum absolute atomic E-state index is 0.0727. The Hall–Kier alpha value is -3.37. The second kappa shape index (κ2) is 9.86. The highest BCUT2D eigenvalue weighted by molar-refractivity contribution is 6.30. The molecule has 2 heterocycles. The summed E-state index contributed by atoms with van der Waals surface area (Å²) < 4.78 is 8.04. The van der Waals surface area contributed by atoms with Crippen molar-refractivity contribution in [3.8, 4) is 17.5 Å². The van der Waals surface area contributed by atoms with E-state index in [4.69, 9.17) is 16.0 Å². The molecule has 3 aromatic rings. The van der Waals surface area contributed by atoms with Crippen LogP contribution in [0.5, 0.6) is 0 Å². The van der Waals surface area contributed by atoms with Crippen molar-refractivity contribution >= 4 is 23.6 Å². The highest BCUT2D eigenvalue weighted by Gasteiger charge is 2.35. The van der Waals surface area contributed by atoms with Gasteiger partial charge in [0.25, 0.3) is 5.91 Å². The van der Waals surface area contributed by atoms with Crippen LogP contribution in [-0.4, -0.2) is 31.6 Å². The van der Waals surface area contributed by atoms with E-state index in [0.717, 1.165) is 41.9 Å². The number of amides is 1. The number of carbonyl (C=O) groups is 1. The lowest BCUT2D eigenvalue weighted by Crippen LogP contribution is -2.33. The zero-order valence-electron chi connectivity index (χ0n) is 19.9. The van der Waals surface area contributed by atoms with Crippen LogP contribution in [0.3, 0.4) is 0 Å². The Labute approximate surface area is 204 Å². The fourth-order valence-corrected chi connectivity index (χ4v) is 4.12. The minimum Gasteiger partial charge on any atom is -0.419 e. The predicted octanol–water partition coefficient (Wildman–Crippen LogP) is 5.56. The number of aryl methyl sites for hydroxylation is 1. The molecule has 0 spiro atoms. The third-order valence-corrected chi connectivity index (χ3v) is 6.18. The summed E-state index contributed by atoms with van der Waals surface area (Å²) in [4.78, 5) is 15.1. The van der Waals surface area contributed by atoms with E-state index in [-0.39, 0.29) is 24.1 Å². The number of carbonyl (C=O) groups excluding carboxylic acids is 1. The summed E-state index contributed by atoms with van der Waals surface area (Å²) in [5.41, 5.74) is 3.91. The number of nitriles is 1. The highest BCUT2D eigenvalue weighted by Crippen LogP contribution is 2.31. The Bertz CT molecular complexity index is 1260. The molecule has 0 unspecified atom stereocenters. The van der Waals surface area contributed by atoms with E-state index in [2.05, 4.69) is 34.7 Å². The molecule has 1 aliphatic rings. The lowest BCUT2D eigenvalue weighted by molar-refractivity contribution is -0.128. The summed E-state index contributed by atoms with van der Waals surface area (Å²) >= 11 is 5.95. The van der Waals surface area contributed by atoms with Crippen molar-refractivity contribution in [1.29, 1.82) is 5.26 Å². The summed E-state index contributed by atoms with van der Waals surface area (Å²) in [7, 11) is 0. The third-order valence-electron chi connectivity index (χ3n) is 5.92. The van der Waals surface area contributed by atoms with E-state index in [1.807, 2.05) is 19.9 Å². The van der Waals surface area contributed by atoms with Gasteiger partial charge in [0.15, 0.2) is 0 Å². The zero-order valence-corrected chi connectivity index (χ0v) is 20.6. The SMILES string of the molecule is Cc1cc(/C=C(/C#N)C(=O)N(Cc2nnc(-c3ccc(Cl)cc3)o2)C2CC2)c(C)n1CC(C)C. The van der Waals surface area contributed by atoms with Crippen molar-refractivity contribution in [3.05, 3.63) is 63.8 Å². The van der Waals surface area contributed by atoms with Gasteiger partial charge < -0.3 is 13.9 Å². The molecule has 0 bridgehead atoms. The van der Waals surface area contributed by atoms with Crippen LogP contribution < -0.4 is 0 Å². The van der Waals surface area contributed by atoms with E-state index >= 15 is 0 Å². The first-order chi connectivity index (χ1) is 16.3. The molecular formula is C26H28ClN5O2. The van der Waals surface area contributed by atoms with Gasteiger partial charge in [-0.2, -0.15) is 5.26 Å². The topological polar surface area (TPSA) is 87.9 Å². The Kier molecular flexibility index (Phi) is 6.90. The van der Waals surface area contributed by atoms with Crippen LogP contribution in [0.25, 0.3) is 17.5 Å². The van der Waals surface area contributed by atoms with Gasteiger partial charge >= 0.3 is 0 Å². The summed E-state index contributed by atoms with van der Waals surface area (Å²) in [6.07, 6.45) is 3.49. The average molecular weight is 478 g/mol. The van der Waals surface area contributed by atoms with Crippen LogP contribution in [0.4, 0.5) is 0 Å². The number of benzene rings is 1. The number of halogens is 1. The minimum atomic E-state index is -0.315. The molecule has 1 aromatic carbocycles. The van der Waals surface area contributed by atoms with Crippen molar-refractivity contribution in [3.63, 3.8) is 0 Å². The maximum Gasteiger partial charge on any atom is 0.265 e. The van der Waals surface area contributed by atoms with Crippen LogP contribution in [0.1, 0.15) is 49.5 Å². The lowest BCUT2D eigenvalue weighted by Gasteiger charge is -2.20. The highest BCUT2D eigenvalue weighted by atomic mass is 35.5. The van der Waals surface area contributed by atoms with Gasteiger partial charge in [-0.15, -0.1) is 10.2 Å². The Morgan fingerprint density at radius 1 is 1.29 bits per heavy atom. The van der Waals surface area contributed by atoms with E-state index in [1.54, 1.807) is 35.2 Å². The second-order valence-corrected chi connectivity index (χ2v) is 9.61. The number of aromatic nitrogens is 3. The molecule has 4 rings (SSSR count). The van der Waals surface area contributed by atoms with Crippen molar-refractivity contribution in [2.24, 2.45) is 5.92 Å². The summed E-state index contributed by atoms with van der Waals surface area (Å²) in [6.45, 7) is 9.46. The molecule has 8 heteroatoms. The maximum atomic E-state index is 13.4. The number of hydrogen-bond donors (Lipinski definition) is 0. The molecule has 0 N–H and O–H groups in total. The molecule has 1 saturated carbocycles. The number of nitrogens with zero attached hydrogens (tertiary/aromatic N) is 5. The molecule has 7 nitrogen and oxygen atoms in total. The van der Waals surface area contributed by atoms with Gasteiger partial charge in [0.05, 0.1) is 6.54 Å². The van der Waals surface area contributed by atoms with E-state index in [9.17, 15) is 10.1 Å². The van der Waals surface area contributed by atoms with Gasteiger partial charge in [0, 0.05) is 34.6 Å². The molecule has 0 aliphatic heterocycles. The Balaban J connectivity index is 1.56. The van der Waals surface area contributed by atoms with Crippen molar-refractivity contribution < 1.29 is 9.21 Å². The summed E-state index contributed by atoms with van der Waals surface area (Å²) in [5, 5.41) is 18.7. The lowest BCUT2D eigenvalue weighted by atomic mass is 10.1. The van der Waals surface area contributed by atoms with Crippen molar-refractivity contribution in [2.45, 2.75) is 59.7 Å². The average Bonchev–Trinajstić information content (AvgIpc) is 3.49. The van der Waals surface area contributed by atoms with Crippen molar-refractivity contribution in [1.82, 2.24) is 19.7 Å². The maximum absolute atomic E-state index is 13.4. The van der Waals surface area contributed by atoms with Gasteiger partial charge in [-0.25, -0.2) is 0 Å². The summed E-state index contributed by atoms with van der Waals surface area (Å²) in [5.74, 6) is 0.877. The molecule has 176 valence electrons. The Morgan fingerprint density at radius 3 is 2.62 bits per heavy atom. The van der Waals surface area contributed by atoms with Crippen molar-refractivity contribution in [2.75, 3.05) is 0 Å². The Morgan fingerprint density at radius 2 is 2.00 bits per heavy atom. The molecule has 2 aromatic heterocycles. The fourth-order valence-electron chi connectivity index (χ4n) is 4.00.